The molecule has 1 saturated heterocycles. The van der Waals surface area contributed by atoms with E-state index in [2.05, 4.69) is 6.07 Å². The zero-order valence-corrected chi connectivity index (χ0v) is 6.33. The molecular weight excluding hydrogens is 142 g/mol. The zero-order chi connectivity index (χ0) is 8.06. The van der Waals surface area contributed by atoms with Crippen molar-refractivity contribution < 1.29 is 9.53 Å². The summed E-state index contributed by atoms with van der Waals surface area (Å²) in [5, 5.41) is 8.79. The number of fused-ring (bicyclic) bond motifs is 1. The van der Waals surface area contributed by atoms with Crippen LogP contribution in [-0.2, 0) is 9.53 Å². The largest absolute Gasteiger partial charge is 0.464 e. The Balaban J connectivity index is 2.30. The molecule has 11 heavy (non-hydrogen) atoms. The first-order chi connectivity index (χ1) is 5.27. The first kappa shape index (κ1) is 6.66. The second kappa shape index (κ2) is 1.76. The highest BCUT2D eigenvalue weighted by molar-refractivity contribution is 5.87. The van der Waals surface area contributed by atoms with Crippen molar-refractivity contribution in [3.05, 3.63) is 0 Å². The van der Waals surface area contributed by atoms with Gasteiger partial charge in [-0.25, -0.2) is 0 Å². The van der Waals surface area contributed by atoms with E-state index in [0.717, 1.165) is 6.42 Å². The molecule has 0 aromatic rings. The molecule has 3 heteroatoms. The van der Waals surface area contributed by atoms with Gasteiger partial charge in [-0.1, -0.05) is 13.3 Å². The van der Waals surface area contributed by atoms with Crippen LogP contribution in [0.3, 0.4) is 0 Å². The van der Waals surface area contributed by atoms with Crippen LogP contribution in [0.15, 0.2) is 0 Å². The molecule has 0 aromatic carbocycles. The summed E-state index contributed by atoms with van der Waals surface area (Å²) in [6.07, 6.45) is 0.910. The van der Waals surface area contributed by atoms with Crippen molar-refractivity contribution >= 4 is 5.97 Å². The minimum absolute atomic E-state index is 0.199. The Morgan fingerprint density at radius 1 is 1.91 bits per heavy atom. The first-order valence-corrected chi connectivity index (χ1v) is 3.85. The van der Waals surface area contributed by atoms with Crippen LogP contribution in [0.4, 0.5) is 0 Å². The van der Waals surface area contributed by atoms with Crippen molar-refractivity contribution in [2.75, 3.05) is 6.61 Å². The number of nitrogens with zero attached hydrogens (tertiary/aromatic N) is 1. The third-order valence-electron chi connectivity index (χ3n) is 2.90. The van der Waals surface area contributed by atoms with E-state index in [4.69, 9.17) is 10.00 Å². The van der Waals surface area contributed by atoms with E-state index in [0.29, 0.717) is 6.61 Å². The summed E-state index contributed by atoms with van der Waals surface area (Å²) in [4.78, 5) is 11.1. The molecule has 3 atom stereocenters. The molecule has 0 bridgehead atoms. The SMILES string of the molecule is CC[C@H]1[C@@H]2COC(=O)[C@]12C#N. The summed E-state index contributed by atoms with van der Waals surface area (Å²) in [6.45, 7) is 2.47. The maximum atomic E-state index is 11.1. The summed E-state index contributed by atoms with van der Waals surface area (Å²) in [5.41, 5.74) is -0.727. The molecule has 0 amide bonds. The fraction of sp³-hybridized carbons (Fsp3) is 0.750. The predicted molar refractivity (Wildman–Crippen MR) is 36.3 cm³/mol. The molecule has 2 fully saturated rings. The fourth-order valence-electron chi connectivity index (χ4n) is 2.19. The van der Waals surface area contributed by atoms with Gasteiger partial charge in [-0.15, -0.1) is 0 Å². The van der Waals surface area contributed by atoms with Gasteiger partial charge in [0, 0.05) is 5.92 Å². The Morgan fingerprint density at radius 3 is 3.00 bits per heavy atom. The van der Waals surface area contributed by atoms with Gasteiger partial charge in [0.05, 0.1) is 12.7 Å². The van der Waals surface area contributed by atoms with Crippen molar-refractivity contribution in [3.63, 3.8) is 0 Å². The molecular formula is C8H9NO2. The lowest BCUT2D eigenvalue weighted by molar-refractivity contribution is -0.144. The van der Waals surface area contributed by atoms with Crippen molar-refractivity contribution in [3.8, 4) is 6.07 Å². The normalized spacial score (nSPS) is 46.0. The van der Waals surface area contributed by atoms with Gasteiger partial charge < -0.3 is 4.74 Å². The minimum Gasteiger partial charge on any atom is -0.464 e. The molecule has 0 aromatic heterocycles. The average Bonchev–Trinajstić information content (AvgIpc) is 2.57. The van der Waals surface area contributed by atoms with Gasteiger partial charge in [0.2, 0.25) is 0 Å². The van der Waals surface area contributed by atoms with Gasteiger partial charge in [-0.2, -0.15) is 5.26 Å². The van der Waals surface area contributed by atoms with Gasteiger partial charge >= 0.3 is 5.97 Å². The minimum atomic E-state index is -0.727. The van der Waals surface area contributed by atoms with E-state index in [1.807, 2.05) is 6.92 Å². The van der Waals surface area contributed by atoms with Crippen LogP contribution >= 0.6 is 0 Å². The second-order valence-corrected chi connectivity index (χ2v) is 3.20. The van der Waals surface area contributed by atoms with Crippen molar-refractivity contribution in [1.29, 1.82) is 5.26 Å². The first-order valence-electron chi connectivity index (χ1n) is 3.85. The van der Waals surface area contributed by atoms with Crippen LogP contribution < -0.4 is 0 Å². The van der Waals surface area contributed by atoms with Crippen molar-refractivity contribution in [2.24, 2.45) is 17.3 Å². The Morgan fingerprint density at radius 2 is 2.64 bits per heavy atom. The van der Waals surface area contributed by atoms with Gasteiger partial charge in [-0.05, 0) is 5.92 Å². The number of carbonyl (C=O) groups excluding carboxylic acids is 1. The number of carbonyl (C=O) groups is 1. The summed E-state index contributed by atoms with van der Waals surface area (Å²) >= 11 is 0. The molecule has 1 aliphatic heterocycles. The number of hydrogen-bond acceptors (Lipinski definition) is 3. The quantitative estimate of drug-likeness (QED) is 0.518. The van der Waals surface area contributed by atoms with Crippen molar-refractivity contribution in [2.45, 2.75) is 13.3 Å². The highest BCUT2D eigenvalue weighted by Crippen LogP contribution is 2.64. The zero-order valence-electron chi connectivity index (χ0n) is 6.33. The van der Waals surface area contributed by atoms with Crippen LogP contribution in [0.5, 0.6) is 0 Å². The predicted octanol–water partition coefficient (Wildman–Crippen LogP) is 0.709. The van der Waals surface area contributed by atoms with Gasteiger partial charge in [0.15, 0.2) is 5.41 Å². The highest BCUT2D eigenvalue weighted by Gasteiger charge is 2.74. The number of cyclic esters (lactones) is 1. The van der Waals surface area contributed by atoms with Crippen LogP contribution in [0, 0.1) is 28.6 Å². The molecule has 1 heterocycles. The second-order valence-electron chi connectivity index (χ2n) is 3.20. The Kier molecular flexibility index (Phi) is 1.07. The Hall–Kier alpha value is -1.04. The number of ether oxygens (including phenoxy) is 1. The summed E-state index contributed by atoms with van der Waals surface area (Å²) in [6, 6.07) is 2.09. The number of rotatable bonds is 1. The molecule has 58 valence electrons. The Bertz CT molecular complexity index is 249. The Labute approximate surface area is 64.9 Å². The molecule has 0 unspecified atom stereocenters. The van der Waals surface area contributed by atoms with E-state index in [9.17, 15) is 4.79 Å². The van der Waals surface area contributed by atoms with E-state index in [1.54, 1.807) is 0 Å². The van der Waals surface area contributed by atoms with E-state index in [-0.39, 0.29) is 17.8 Å². The fourth-order valence-corrected chi connectivity index (χ4v) is 2.19. The highest BCUT2D eigenvalue weighted by atomic mass is 16.5. The molecule has 0 radical (unpaired) electrons. The maximum Gasteiger partial charge on any atom is 0.327 e. The van der Waals surface area contributed by atoms with E-state index < -0.39 is 5.41 Å². The van der Waals surface area contributed by atoms with E-state index >= 15 is 0 Å². The third-order valence-corrected chi connectivity index (χ3v) is 2.90. The monoisotopic (exact) mass is 151 g/mol. The third kappa shape index (κ3) is 0.518. The summed E-state index contributed by atoms with van der Waals surface area (Å²) < 4.78 is 4.78. The van der Waals surface area contributed by atoms with Gasteiger partial charge in [0.25, 0.3) is 0 Å². The van der Waals surface area contributed by atoms with Crippen molar-refractivity contribution in [1.82, 2.24) is 0 Å². The maximum absolute atomic E-state index is 11.1. The van der Waals surface area contributed by atoms with Crippen LogP contribution in [-0.4, -0.2) is 12.6 Å². The molecule has 2 aliphatic rings. The lowest BCUT2D eigenvalue weighted by Gasteiger charge is -2.02. The molecule has 1 saturated carbocycles. The number of hydrogen-bond donors (Lipinski definition) is 0. The lowest BCUT2D eigenvalue weighted by atomic mass is 10.1. The molecule has 3 nitrogen and oxygen atoms in total. The van der Waals surface area contributed by atoms with Crippen LogP contribution in [0.2, 0.25) is 0 Å². The van der Waals surface area contributed by atoms with Gasteiger partial charge in [0.1, 0.15) is 0 Å². The van der Waals surface area contributed by atoms with Crippen LogP contribution in [0.25, 0.3) is 0 Å². The smallest absolute Gasteiger partial charge is 0.327 e. The molecule has 0 N–H and O–H groups in total. The topological polar surface area (TPSA) is 50.1 Å². The molecule has 1 aliphatic carbocycles. The summed E-state index contributed by atoms with van der Waals surface area (Å²) in [5.74, 6) is 0.176. The summed E-state index contributed by atoms with van der Waals surface area (Å²) in [7, 11) is 0. The van der Waals surface area contributed by atoms with Gasteiger partial charge in [-0.3, -0.25) is 4.79 Å². The lowest BCUT2D eigenvalue weighted by Crippen LogP contribution is -2.15. The molecule has 0 spiro atoms. The standard InChI is InChI=1S/C8H9NO2/c1-2-5-6-3-11-7(10)8(5,6)4-9/h5-6H,2-3H2,1H3/t5-,6-,8+/m0/s1. The van der Waals surface area contributed by atoms with Crippen LogP contribution in [0.1, 0.15) is 13.3 Å². The molecule has 2 rings (SSSR count). The number of nitriles is 1. The van der Waals surface area contributed by atoms with E-state index in [1.165, 1.54) is 0 Å². The number of esters is 1. The average molecular weight is 151 g/mol.